The molecule has 1 aromatic rings. The van der Waals surface area contributed by atoms with Crippen molar-refractivity contribution in [3.8, 4) is 0 Å². The van der Waals surface area contributed by atoms with Crippen LogP contribution in [0.3, 0.4) is 0 Å². The Labute approximate surface area is 109 Å². The molecule has 0 aliphatic rings. The number of nitrogens with zero attached hydrogens (tertiary/aromatic N) is 1. The van der Waals surface area contributed by atoms with E-state index in [1.165, 1.54) is 0 Å². The summed E-state index contributed by atoms with van der Waals surface area (Å²) in [5.41, 5.74) is 0.824. The molecule has 0 aliphatic heterocycles. The van der Waals surface area contributed by atoms with Gasteiger partial charge in [0.25, 0.3) is 0 Å². The van der Waals surface area contributed by atoms with Gasteiger partial charge in [0.1, 0.15) is 0 Å². The van der Waals surface area contributed by atoms with Crippen molar-refractivity contribution in [3.05, 3.63) is 29.8 Å². The van der Waals surface area contributed by atoms with Gasteiger partial charge in [-0.05, 0) is 39.6 Å². The standard InChI is InChI=1S/C14H22N2O2/c1-14(2,13(17)18)11-7-5-6-8-12(11)15-9-10-16(3)4/h5-8,15H,9-10H2,1-4H3,(H,17,18). The quantitative estimate of drug-likeness (QED) is 0.811. The number of para-hydroxylation sites is 1. The van der Waals surface area contributed by atoms with Gasteiger partial charge >= 0.3 is 5.97 Å². The summed E-state index contributed by atoms with van der Waals surface area (Å²) in [5, 5.41) is 12.6. The summed E-state index contributed by atoms with van der Waals surface area (Å²) in [4.78, 5) is 13.4. The van der Waals surface area contributed by atoms with E-state index < -0.39 is 11.4 Å². The van der Waals surface area contributed by atoms with Gasteiger partial charge < -0.3 is 15.3 Å². The predicted molar refractivity (Wildman–Crippen MR) is 74.1 cm³/mol. The van der Waals surface area contributed by atoms with Crippen molar-refractivity contribution >= 4 is 11.7 Å². The minimum Gasteiger partial charge on any atom is -0.481 e. The minimum atomic E-state index is -0.887. The van der Waals surface area contributed by atoms with E-state index in [4.69, 9.17) is 0 Å². The molecule has 4 heteroatoms. The summed E-state index contributed by atoms with van der Waals surface area (Å²) in [7, 11) is 4.02. The molecule has 0 aromatic heterocycles. The number of carboxylic acid groups (broad SMARTS) is 1. The van der Waals surface area contributed by atoms with Crippen LogP contribution in [0, 0.1) is 0 Å². The molecule has 0 radical (unpaired) electrons. The zero-order valence-corrected chi connectivity index (χ0v) is 11.5. The van der Waals surface area contributed by atoms with E-state index in [1.807, 2.05) is 38.4 Å². The number of carboxylic acids is 1. The van der Waals surface area contributed by atoms with Gasteiger partial charge in [0.05, 0.1) is 5.41 Å². The molecule has 0 fully saturated rings. The summed E-state index contributed by atoms with van der Waals surface area (Å²) in [6.45, 7) is 5.14. The summed E-state index contributed by atoms with van der Waals surface area (Å²) in [6.07, 6.45) is 0. The molecule has 1 aromatic carbocycles. The molecule has 0 unspecified atom stereocenters. The third-order valence-corrected chi connectivity index (χ3v) is 3.01. The van der Waals surface area contributed by atoms with Crippen LogP contribution in [0.15, 0.2) is 24.3 Å². The third-order valence-electron chi connectivity index (χ3n) is 3.01. The maximum absolute atomic E-state index is 11.3. The highest BCUT2D eigenvalue weighted by Gasteiger charge is 2.31. The Kier molecular flexibility index (Phi) is 4.73. The topological polar surface area (TPSA) is 52.6 Å². The van der Waals surface area contributed by atoms with Crippen LogP contribution in [0.4, 0.5) is 5.69 Å². The second-order valence-corrected chi connectivity index (χ2v) is 5.21. The SMILES string of the molecule is CN(C)CCNc1ccccc1C(C)(C)C(=O)O. The Hall–Kier alpha value is -1.55. The van der Waals surface area contributed by atoms with E-state index in [0.29, 0.717) is 0 Å². The fourth-order valence-corrected chi connectivity index (χ4v) is 1.71. The Morgan fingerprint density at radius 1 is 1.33 bits per heavy atom. The van der Waals surface area contributed by atoms with E-state index in [1.54, 1.807) is 13.8 Å². The maximum atomic E-state index is 11.3. The molecule has 4 nitrogen and oxygen atoms in total. The van der Waals surface area contributed by atoms with Gasteiger partial charge in [0.2, 0.25) is 0 Å². The van der Waals surface area contributed by atoms with E-state index in [2.05, 4.69) is 10.2 Å². The van der Waals surface area contributed by atoms with Crippen LogP contribution >= 0.6 is 0 Å². The number of nitrogens with one attached hydrogen (secondary N) is 1. The van der Waals surface area contributed by atoms with Gasteiger partial charge in [-0.1, -0.05) is 18.2 Å². The van der Waals surface area contributed by atoms with Gasteiger partial charge in [-0.15, -0.1) is 0 Å². The molecule has 0 amide bonds. The number of hydrogen-bond acceptors (Lipinski definition) is 3. The third kappa shape index (κ3) is 3.47. The van der Waals surface area contributed by atoms with Crippen LogP contribution < -0.4 is 5.32 Å². The Morgan fingerprint density at radius 3 is 2.50 bits per heavy atom. The van der Waals surface area contributed by atoms with Crippen molar-refractivity contribution < 1.29 is 9.90 Å². The Morgan fingerprint density at radius 2 is 1.94 bits per heavy atom. The van der Waals surface area contributed by atoms with Gasteiger partial charge in [0, 0.05) is 18.8 Å². The number of rotatable bonds is 6. The van der Waals surface area contributed by atoms with Crippen LogP contribution in [0.1, 0.15) is 19.4 Å². The van der Waals surface area contributed by atoms with Crippen LogP contribution in [0.5, 0.6) is 0 Å². The number of benzene rings is 1. The van der Waals surface area contributed by atoms with Crippen LogP contribution in [-0.2, 0) is 10.2 Å². The summed E-state index contributed by atoms with van der Waals surface area (Å²) in [6, 6.07) is 7.58. The highest BCUT2D eigenvalue weighted by Crippen LogP contribution is 2.29. The average molecular weight is 250 g/mol. The van der Waals surface area contributed by atoms with Crippen LogP contribution in [0.2, 0.25) is 0 Å². The van der Waals surface area contributed by atoms with Crippen molar-refractivity contribution in [1.29, 1.82) is 0 Å². The second kappa shape index (κ2) is 5.87. The van der Waals surface area contributed by atoms with E-state index in [0.717, 1.165) is 24.3 Å². The van der Waals surface area contributed by atoms with E-state index in [-0.39, 0.29) is 0 Å². The lowest BCUT2D eigenvalue weighted by molar-refractivity contribution is -0.142. The average Bonchev–Trinajstić information content (AvgIpc) is 2.28. The number of aliphatic carboxylic acids is 1. The van der Waals surface area contributed by atoms with Crippen LogP contribution in [-0.4, -0.2) is 43.2 Å². The second-order valence-electron chi connectivity index (χ2n) is 5.21. The monoisotopic (exact) mass is 250 g/mol. The zero-order chi connectivity index (χ0) is 13.8. The first-order valence-corrected chi connectivity index (χ1v) is 6.07. The first kappa shape index (κ1) is 14.5. The highest BCUT2D eigenvalue weighted by molar-refractivity contribution is 5.83. The normalized spacial score (nSPS) is 11.6. The van der Waals surface area contributed by atoms with Crippen molar-refractivity contribution in [1.82, 2.24) is 4.90 Å². The Bertz CT molecular complexity index is 414. The van der Waals surface area contributed by atoms with Crippen molar-refractivity contribution in [2.75, 3.05) is 32.5 Å². The molecule has 0 spiro atoms. The minimum absolute atomic E-state index is 0.791. The molecule has 100 valence electrons. The molecule has 2 N–H and O–H groups in total. The summed E-state index contributed by atoms with van der Waals surface area (Å²) in [5.74, 6) is -0.815. The maximum Gasteiger partial charge on any atom is 0.313 e. The molecular weight excluding hydrogens is 228 g/mol. The van der Waals surface area contributed by atoms with Crippen molar-refractivity contribution in [3.63, 3.8) is 0 Å². The van der Waals surface area contributed by atoms with Gasteiger partial charge in [-0.3, -0.25) is 4.79 Å². The molecule has 0 heterocycles. The number of anilines is 1. The Balaban J connectivity index is 2.89. The molecular formula is C14H22N2O2. The van der Waals surface area contributed by atoms with E-state index >= 15 is 0 Å². The van der Waals surface area contributed by atoms with Crippen molar-refractivity contribution in [2.45, 2.75) is 19.3 Å². The predicted octanol–water partition coefficient (Wildman–Crippen LogP) is 2.02. The highest BCUT2D eigenvalue weighted by atomic mass is 16.4. The summed E-state index contributed by atoms with van der Waals surface area (Å²) < 4.78 is 0. The molecule has 0 bridgehead atoms. The number of likely N-dealkylation sites (N-methyl/N-ethyl adjacent to an activating group) is 1. The van der Waals surface area contributed by atoms with Gasteiger partial charge in [-0.2, -0.15) is 0 Å². The lowest BCUT2D eigenvalue weighted by Crippen LogP contribution is -2.30. The smallest absolute Gasteiger partial charge is 0.313 e. The van der Waals surface area contributed by atoms with Crippen LogP contribution in [0.25, 0.3) is 0 Å². The first-order chi connectivity index (χ1) is 8.35. The van der Waals surface area contributed by atoms with Crippen molar-refractivity contribution in [2.24, 2.45) is 0 Å². The fourth-order valence-electron chi connectivity index (χ4n) is 1.71. The lowest BCUT2D eigenvalue weighted by atomic mass is 9.83. The fraction of sp³-hybridized carbons (Fsp3) is 0.500. The molecule has 0 saturated carbocycles. The van der Waals surface area contributed by atoms with Gasteiger partial charge in [-0.25, -0.2) is 0 Å². The van der Waals surface area contributed by atoms with E-state index in [9.17, 15) is 9.90 Å². The molecule has 0 aliphatic carbocycles. The van der Waals surface area contributed by atoms with Gasteiger partial charge in [0.15, 0.2) is 0 Å². The number of hydrogen-bond donors (Lipinski definition) is 2. The molecule has 0 saturated heterocycles. The molecule has 1 rings (SSSR count). The first-order valence-electron chi connectivity index (χ1n) is 6.07. The molecule has 0 atom stereocenters. The molecule has 18 heavy (non-hydrogen) atoms. The largest absolute Gasteiger partial charge is 0.481 e. The summed E-state index contributed by atoms with van der Waals surface area (Å²) >= 11 is 0. The lowest BCUT2D eigenvalue weighted by Gasteiger charge is -2.24. The number of carbonyl (C=O) groups is 1. The zero-order valence-electron chi connectivity index (χ0n) is 11.5.